The zero-order valence-corrected chi connectivity index (χ0v) is 13.5. The van der Waals surface area contributed by atoms with E-state index >= 15 is 0 Å². The van der Waals surface area contributed by atoms with Gasteiger partial charge in [-0.25, -0.2) is 4.68 Å². The second-order valence-electron chi connectivity index (χ2n) is 6.16. The Bertz CT molecular complexity index is 825. The van der Waals surface area contributed by atoms with E-state index in [0.29, 0.717) is 12.3 Å². The molecule has 3 aromatic rings. The van der Waals surface area contributed by atoms with Crippen molar-refractivity contribution in [2.45, 2.75) is 37.6 Å². The summed E-state index contributed by atoms with van der Waals surface area (Å²) in [5.74, 6) is 1.30. The predicted molar refractivity (Wildman–Crippen MR) is 88.6 cm³/mol. The molecular weight excluding hydrogens is 320 g/mol. The Labute approximate surface area is 143 Å². The number of hydrogen-bond donors (Lipinski definition) is 2. The fourth-order valence-electron chi connectivity index (χ4n) is 2.84. The molecule has 1 aliphatic carbocycles. The van der Waals surface area contributed by atoms with Gasteiger partial charge in [0.15, 0.2) is 0 Å². The maximum Gasteiger partial charge on any atom is 0.252 e. The van der Waals surface area contributed by atoms with Gasteiger partial charge in [0.2, 0.25) is 5.95 Å². The molecule has 25 heavy (non-hydrogen) atoms. The Morgan fingerprint density at radius 1 is 1.32 bits per heavy atom. The number of nitrogens with one attached hydrogen (secondary N) is 2. The van der Waals surface area contributed by atoms with Gasteiger partial charge < -0.3 is 0 Å². The van der Waals surface area contributed by atoms with Crippen LogP contribution in [0.4, 0.5) is 5.95 Å². The summed E-state index contributed by atoms with van der Waals surface area (Å²) in [6, 6.07) is 9.15. The highest BCUT2D eigenvalue weighted by atomic mass is 16.2. The third-order valence-corrected chi connectivity index (χ3v) is 4.49. The molecule has 9 nitrogen and oxygen atoms in total. The first-order valence-corrected chi connectivity index (χ1v) is 8.29. The lowest BCUT2D eigenvalue weighted by molar-refractivity contribution is -0.119. The molecule has 1 saturated carbocycles. The van der Waals surface area contributed by atoms with E-state index in [0.717, 1.165) is 24.2 Å². The summed E-state index contributed by atoms with van der Waals surface area (Å²) in [6.07, 6.45) is 5.35. The lowest BCUT2D eigenvalue weighted by Gasteiger charge is -2.22. The van der Waals surface area contributed by atoms with Crippen molar-refractivity contribution in [2.75, 3.05) is 5.32 Å². The highest BCUT2D eigenvalue weighted by molar-refractivity contribution is 5.92. The van der Waals surface area contributed by atoms with Crippen molar-refractivity contribution in [3.8, 4) is 0 Å². The molecule has 0 bridgehead atoms. The minimum absolute atomic E-state index is 0.254. The highest BCUT2D eigenvalue weighted by Crippen LogP contribution is 2.34. The number of tetrazole rings is 1. The molecule has 2 aromatic heterocycles. The van der Waals surface area contributed by atoms with Crippen LogP contribution in [0.3, 0.4) is 0 Å². The quantitative estimate of drug-likeness (QED) is 0.703. The number of nitrogens with zero attached hydrogens (tertiary/aromatic N) is 6. The van der Waals surface area contributed by atoms with Crippen molar-refractivity contribution in [1.82, 2.24) is 35.4 Å². The fourth-order valence-corrected chi connectivity index (χ4v) is 2.84. The van der Waals surface area contributed by atoms with Crippen LogP contribution in [0.5, 0.6) is 0 Å². The first kappa shape index (κ1) is 15.4. The second kappa shape index (κ2) is 6.80. The molecule has 1 aromatic carbocycles. The third kappa shape index (κ3) is 3.39. The van der Waals surface area contributed by atoms with Gasteiger partial charge in [0.1, 0.15) is 18.2 Å². The molecule has 0 spiro atoms. The number of carbonyl (C=O) groups is 1. The first-order valence-electron chi connectivity index (χ1n) is 8.29. The van der Waals surface area contributed by atoms with E-state index in [-0.39, 0.29) is 11.9 Å². The van der Waals surface area contributed by atoms with E-state index in [9.17, 15) is 4.79 Å². The molecule has 1 atom stereocenters. The Morgan fingerprint density at radius 2 is 2.16 bits per heavy atom. The molecule has 0 unspecified atom stereocenters. The molecular formula is C16H18N8O. The normalized spacial score (nSPS) is 15.5. The van der Waals surface area contributed by atoms with Crippen molar-refractivity contribution in [3.63, 3.8) is 0 Å². The summed E-state index contributed by atoms with van der Waals surface area (Å²) >= 11 is 0. The summed E-state index contributed by atoms with van der Waals surface area (Å²) in [4.78, 5) is 17.1. The largest absolute Gasteiger partial charge is 0.291 e. The van der Waals surface area contributed by atoms with Gasteiger partial charge >= 0.3 is 0 Å². The average molecular weight is 338 g/mol. The van der Waals surface area contributed by atoms with E-state index in [1.807, 2.05) is 30.3 Å². The molecule has 0 radical (unpaired) electrons. The van der Waals surface area contributed by atoms with Gasteiger partial charge in [0, 0.05) is 12.3 Å². The fraction of sp³-hybridized carbons (Fsp3) is 0.375. The average Bonchev–Trinajstić information content (AvgIpc) is 3.24. The van der Waals surface area contributed by atoms with Crippen LogP contribution in [-0.4, -0.2) is 41.3 Å². The van der Waals surface area contributed by atoms with Gasteiger partial charge in [-0.2, -0.15) is 4.98 Å². The van der Waals surface area contributed by atoms with Gasteiger partial charge in [-0.15, -0.1) is 10.2 Å². The zero-order valence-electron chi connectivity index (χ0n) is 13.5. The van der Waals surface area contributed by atoms with Gasteiger partial charge in [-0.3, -0.25) is 15.2 Å². The number of H-pyrrole nitrogens is 1. The third-order valence-electron chi connectivity index (χ3n) is 4.49. The number of benzene rings is 1. The number of aromatic nitrogens is 7. The van der Waals surface area contributed by atoms with Gasteiger partial charge in [-0.05, 0) is 28.8 Å². The highest BCUT2D eigenvalue weighted by Gasteiger charge is 2.26. The van der Waals surface area contributed by atoms with E-state index in [1.165, 1.54) is 17.4 Å². The molecule has 1 amide bonds. The molecule has 1 fully saturated rings. The smallest absolute Gasteiger partial charge is 0.252 e. The number of rotatable bonds is 6. The summed E-state index contributed by atoms with van der Waals surface area (Å²) in [5.41, 5.74) is 1.02. The van der Waals surface area contributed by atoms with Crippen molar-refractivity contribution < 1.29 is 4.79 Å². The van der Waals surface area contributed by atoms with E-state index in [1.54, 1.807) is 0 Å². The van der Waals surface area contributed by atoms with Crippen LogP contribution in [0.15, 0.2) is 36.7 Å². The van der Waals surface area contributed by atoms with Crippen molar-refractivity contribution >= 4 is 11.9 Å². The van der Waals surface area contributed by atoms with Crippen LogP contribution >= 0.6 is 0 Å². The van der Waals surface area contributed by atoms with Crippen molar-refractivity contribution in [3.05, 3.63) is 48.0 Å². The van der Waals surface area contributed by atoms with E-state index in [2.05, 4.69) is 36.0 Å². The van der Waals surface area contributed by atoms with Crippen molar-refractivity contribution in [2.24, 2.45) is 0 Å². The molecule has 2 N–H and O–H groups in total. The number of anilines is 1. The van der Waals surface area contributed by atoms with Gasteiger partial charge in [-0.1, -0.05) is 36.8 Å². The lowest BCUT2D eigenvalue weighted by Crippen LogP contribution is -2.29. The Hall–Kier alpha value is -3.10. The van der Waals surface area contributed by atoms with Crippen molar-refractivity contribution in [1.29, 1.82) is 0 Å². The number of carbonyl (C=O) groups excluding carboxylic acids is 1. The predicted octanol–water partition coefficient (Wildman–Crippen LogP) is 1.48. The number of hydrogen-bond acceptors (Lipinski definition) is 6. The SMILES string of the molecule is O=C(Nc1n[nH]c(C2CCC2)n1)[C@H](Cc1ccccc1)n1cnnn1. The molecule has 128 valence electrons. The number of amides is 1. The molecule has 0 saturated heterocycles. The maximum atomic E-state index is 12.8. The summed E-state index contributed by atoms with van der Waals surface area (Å²) in [5, 5.41) is 20.9. The van der Waals surface area contributed by atoms with Crippen LogP contribution in [0.2, 0.25) is 0 Å². The van der Waals surface area contributed by atoms with E-state index in [4.69, 9.17) is 0 Å². The van der Waals surface area contributed by atoms with Crippen LogP contribution in [0.25, 0.3) is 0 Å². The Kier molecular flexibility index (Phi) is 4.19. The van der Waals surface area contributed by atoms with Gasteiger partial charge in [0.25, 0.3) is 5.91 Å². The first-order chi connectivity index (χ1) is 12.3. The molecule has 0 aliphatic heterocycles. The monoisotopic (exact) mass is 338 g/mol. The summed E-state index contributed by atoms with van der Waals surface area (Å²) in [6.45, 7) is 0. The van der Waals surface area contributed by atoms with Crippen LogP contribution < -0.4 is 5.32 Å². The van der Waals surface area contributed by atoms with Gasteiger partial charge in [0.05, 0.1) is 0 Å². The molecule has 1 aliphatic rings. The Balaban J connectivity index is 1.50. The summed E-state index contributed by atoms with van der Waals surface area (Å²) < 4.78 is 1.45. The maximum absolute atomic E-state index is 12.8. The lowest BCUT2D eigenvalue weighted by atomic mass is 9.85. The van der Waals surface area contributed by atoms with Crippen LogP contribution in [-0.2, 0) is 11.2 Å². The van der Waals surface area contributed by atoms with E-state index < -0.39 is 6.04 Å². The number of aromatic amines is 1. The van der Waals surface area contributed by atoms with Crippen LogP contribution in [0.1, 0.15) is 42.6 Å². The minimum Gasteiger partial charge on any atom is -0.291 e. The topological polar surface area (TPSA) is 114 Å². The summed E-state index contributed by atoms with van der Waals surface area (Å²) in [7, 11) is 0. The second-order valence-corrected chi connectivity index (χ2v) is 6.16. The molecule has 9 heteroatoms. The Morgan fingerprint density at radius 3 is 2.84 bits per heavy atom. The minimum atomic E-state index is -0.581. The zero-order chi connectivity index (χ0) is 17.1. The standard InChI is InChI=1S/C16H18N8O/c25-15(19-16-18-14(20-21-16)12-7-4-8-12)13(24-10-17-22-23-24)9-11-5-2-1-3-6-11/h1-3,5-6,10,12-13H,4,7-9H2,(H2,18,19,20,21,25)/t13-/m0/s1. The molecule has 4 rings (SSSR count). The van der Waals surface area contributed by atoms with Crippen LogP contribution in [0, 0.1) is 0 Å². The molecule has 2 heterocycles.